The largest absolute Gasteiger partial charge is 0.490 e. The normalized spacial score (nSPS) is 15.8. The molecule has 0 radical (unpaired) electrons. The van der Waals surface area contributed by atoms with Gasteiger partial charge in [0, 0.05) is 12.1 Å². The summed E-state index contributed by atoms with van der Waals surface area (Å²) < 4.78 is 18.6. The summed E-state index contributed by atoms with van der Waals surface area (Å²) in [5, 5.41) is 10.3. The molecule has 0 saturated heterocycles. The summed E-state index contributed by atoms with van der Waals surface area (Å²) in [6, 6.07) is 3.62. The minimum Gasteiger partial charge on any atom is -0.490 e. The lowest BCUT2D eigenvalue weighted by atomic mass is 9.96. The fraction of sp³-hybridized carbons (Fsp3) is 0.400. The van der Waals surface area contributed by atoms with E-state index in [-0.39, 0.29) is 6.10 Å². The Labute approximate surface area is 85.8 Å². The Morgan fingerprint density at radius 1 is 1.47 bits per heavy atom. The highest BCUT2D eigenvalue weighted by Crippen LogP contribution is 2.28. The number of halogens is 1. The molecule has 1 fully saturated rings. The van der Waals surface area contributed by atoms with Crippen LogP contribution in [0.25, 0.3) is 0 Å². The Morgan fingerprint density at radius 3 is 2.67 bits per heavy atom. The van der Waals surface area contributed by atoms with Crippen LogP contribution in [0.15, 0.2) is 18.2 Å². The molecule has 15 heavy (non-hydrogen) atoms. The Morgan fingerprint density at radius 2 is 2.20 bits per heavy atom. The highest BCUT2D eigenvalue weighted by molar-refractivity contribution is 5.38. The molecular formula is C10H10FNO3. The van der Waals surface area contributed by atoms with E-state index < -0.39 is 16.4 Å². The van der Waals surface area contributed by atoms with Crippen LogP contribution in [0.4, 0.5) is 10.1 Å². The molecule has 0 heterocycles. The van der Waals surface area contributed by atoms with E-state index in [0.29, 0.717) is 5.75 Å². The lowest BCUT2D eigenvalue weighted by Crippen LogP contribution is -2.24. The van der Waals surface area contributed by atoms with Crippen molar-refractivity contribution in [3.8, 4) is 5.75 Å². The van der Waals surface area contributed by atoms with Crippen LogP contribution in [0.3, 0.4) is 0 Å². The van der Waals surface area contributed by atoms with Gasteiger partial charge in [-0.05, 0) is 25.3 Å². The number of hydrogen-bond donors (Lipinski definition) is 0. The maximum atomic E-state index is 13.2. The van der Waals surface area contributed by atoms with Gasteiger partial charge in [0.25, 0.3) is 0 Å². The van der Waals surface area contributed by atoms with Crippen molar-refractivity contribution in [3.63, 3.8) is 0 Å². The third kappa shape index (κ3) is 2.06. The van der Waals surface area contributed by atoms with Crippen molar-refractivity contribution in [1.82, 2.24) is 0 Å². The van der Waals surface area contributed by atoms with Gasteiger partial charge in [0.05, 0.1) is 11.0 Å². The first-order valence-corrected chi connectivity index (χ1v) is 4.77. The molecule has 2 rings (SSSR count). The molecule has 80 valence electrons. The number of ether oxygens (including phenoxy) is 1. The van der Waals surface area contributed by atoms with E-state index in [1.165, 1.54) is 6.07 Å². The van der Waals surface area contributed by atoms with Crippen molar-refractivity contribution in [1.29, 1.82) is 0 Å². The fourth-order valence-electron chi connectivity index (χ4n) is 1.39. The van der Waals surface area contributed by atoms with Crippen LogP contribution in [-0.4, -0.2) is 11.0 Å². The molecule has 1 aliphatic carbocycles. The molecule has 0 aromatic heterocycles. The van der Waals surface area contributed by atoms with Crippen molar-refractivity contribution in [2.75, 3.05) is 0 Å². The number of nitrogens with zero attached hydrogens (tertiary/aromatic N) is 1. The SMILES string of the molecule is O=[N+]([O-])c1ccc(OC2CCC2)cc1F. The zero-order valence-electron chi connectivity index (χ0n) is 7.98. The predicted octanol–water partition coefficient (Wildman–Crippen LogP) is 2.67. The van der Waals surface area contributed by atoms with E-state index in [1.807, 2.05) is 0 Å². The third-order valence-corrected chi connectivity index (χ3v) is 2.47. The standard InChI is InChI=1S/C10H10FNO3/c11-9-6-8(15-7-2-1-3-7)4-5-10(9)12(13)14/h4-7H,1-3H2. The molecule has 0 spiro atoms. The van der Waals surface area contributed by atoms with Crippen molar-refractivity contribution in [2.45, 2.75) is 25.4 Å². The van der Waals surface area contributed by atoms with Gasteiger partial charge in [-0.2, -0.15) is 4.39 Å². The van der Waals surface area contributed by atoms with Crippen molar-refractivity contribution >= 4 is 5.69 Å². The van der Waals surface area contributed by atoms with Crippen molar-refractivity contribution in [2.24, 2.45) is 0 Å². The smallest absolute Gasteiger partial charge is 0.305 e. The maximum Gasteiger partial charge on any atom is 0.305 e. The number of nitro groups is 1. The van der Waals surface area contributed by atoms with E-state index in [0.717, 1.165) is 31.4 Å². The van der Waals surface area contributed by atoms with Gasteiger partial charge in [0.1, 0.15) is 5.75 Å². The van der Waals surface area contributed by atoms with Crippen LogP contribution in [-0.2, 0) is 0 Å². The molecule has 0 aliphatic heterocycles. The molecule has 1 saturated carbocycles. The third-order valence-electron chi connectivity index (χ3n) is 2.47. The summed E-state index contributed by atoms with van der Waals surface area (Å²) in [6.45, 7) is 0. The van der Waals surface area contributed by atoms with Gasteiger partial charge in [0.15, 0.2) is 0 Å². The second-order valence-corrected chi connectivity index (χ2v) is 3.54. The number of hydrogen-bond acceptors (Lipinski definition) is 3. The van der Waals surface area contributed by atoms with Crippen LogP contribution < -0.4 is 4.74 Å². The fourth-order valence-corrected chi connectivity index (χ4v) is 1.39. The van der Waals surface area contributed by atoms with Crippen LogP contribution in [0.2, 0.25) is 0 Å². The predicted molar refractivity (Wildman–Crippen MR) is 51.3 cm³/mol. The zero-order valence-corrected chi connectivity index (χ0v) is 7.98. The van der Waals surface area contributed by atoms with Crippen molar-refractivity contribution in [3.05, 3.63) is 34.1 Å². The minimum absolute atomic E-state index is 0.144. The first kappa shape index (κ1) is 9.89. The Kier molecular flexibility index (Phi) is 2.53. The van der Waals surface area contributed by atoms with E-state index in [9.17, 15) is 14.5 Å². The molecule has 1 aromatic carbocycles. The summed E-state index contributed by atoms with van der Waals surface area (Å²) in [5.74, 6) is -0.486. The van der Waals surface area contributed by atoms with E-state index in [4.69, 9.17) is 4.74 Å². The van der Waals surface area contributed by atoms with Gasteiger partial charge in [-0.25, -0.2) is 0 Å². The molecule has 0 unspecified atom stereocenters. The molecule has 0 N–H and O–H groups in total. The van der Waals surface area contributed by atoms with Gasteiger partial charge < -0.3 is 4.74 Å². The molecule has 0 bridgehead atoms. The molecule has 4 nitrogen and oxygen atoms in total. The second kappa shape index (κ2) is 3.84. The monoisotopic (exact) mass is 211 g/mol. The first-order valence-electron chi connectivity index (χ1n) is 4.77. The number of rotatable bonds is 3. The summed E-state index contributed by atoms with van der Waals surface area (Å²) in [7, 11) is 0. The van der Waals surface area contributed by atoms with Crippen LogP contribution in [0, 0.1) is 15.9 Å². The van der Waals surface area contributed by atoms with Crippen molar-refractivity contribution < 1.29 is 14.1 Å². The Hall–Kier alpha value is -1.65. The summed E-state index contributed by atoms with van der Waals surface area (Å²) in [4.78, 5) is 9.60. The minimum atomic E-state index is -0.850. The lowest BCUT2D eigenvalue weighted by Gasteiger charge is -2.26. The summed E-state index contributed by atoms with van der Waals surface area (Å²) >= 11 is 0. The van der Waals surface area contributed by atoms with Crippen LogP contribution in [0.5, 0.6) is 5.75 Å². The van der Waals surface area contributed by atoms with Gasteiger partial charge in [0.2, 0.25) is 5.82 Å². The summed E-state index contributed by atoms with van der Waals surface area (Å²) in [5.41, 5.74) is -0.518. The molecule has 0 amide bonds. The molecule has 0 atom stereocenters. The number of nitro benzene ring substituents is 1. The van der Waals surface area contributed by atoms with Gasteiger partial charge in [-0.1, -0.05) is 0 Å². The average molecular weight is 211 g/mol. The van der Waals surface area contributed by atoms with Crippen LogP contribution in [0.1, 0.15) is 19.3 Å². The second-order valence-electron chi connectivity index (χ2n) is 3.54. The van der Waals surface area contributed by atoms with E-state index >= 15 is 0 Å². The average Bonchev–Trinajstić information content (AvgIpc) is 2.11. The number of benzene rings is 1. The maximum absolute atomic E-state index is 13.2. The Balaban J connectivity index is 2.13. The topological polar surface area (TPSA) is 52.4 Å². The Bertz CT molecular complexity index is 390. The first-order chi connectivity index (χ1) is 7.16. The highest BCUT2D eigenvalue weighted by atomic mass is 19.1. The molecule has 5 heteroatoms. The zero-order chi connectivity index (χ0) is 10.8. The van der Waals surface area contributed by atoms with Gasteiger partial charge in [-0.3, -0.25) is 10.1 Å². The lowest BCUT2D eigenvalue weighted by molar-refractivity contribution is -0.387. The molecular weight excluding hydrogens is 201 g/mol. The van der Waals surface area contributed by atoms with E-state index in [1.54, 1.807) is 0 Å². The van der Waals surface area contributed by atoms with Gasteiger partial charge >= 0.3 is 5.69 Å². The molecule has 1 aromatic rings. The van der Waals surface area contributed by atoms with E-state index in [2.05, 4.69) is 0 Å². The highest BCUT2D eigenvalue weighted by Gasteiger charge is 2.20. The quantitative estimate of drug-likeness (QED) is 0.570. The molecule has 1 aliphatic rings. The van der Waals surface area contributed by atoms with Gasteiger partial charge in [-0.15, -0.1) is 0 Å². The summed E-state index contributed by atoms with van der Waals surface area (Å²) in [6.07, 6.45) is 3.21. The van der Waals surface area contributed by atoms with Crippen LogP contribution >= 0.6 is 0 Å².